The van der Waals surface area contributed by atoms with Crippen LogP contribution in [-0.2, 0) is 0 Å². The number of hydrogen-bond acceptors (Lipinski definition) is 3. The highest BCUT2D eigenvalue weighted by molar-refractivity contribution is 4.71. The van der Waals surface area contributed by atoms with Gasteiger partial charge in [-0.2, -0.15) is 0 Å². The average Bonchev–Trinajstić information content (AvgIpc) is 2.34. The van der Waals surface area contributed by atoms with Crippen molar-refractivity contribution in [1.82, 2.24) is 9.80 Å². The minimum absolute atomic E-state index is 0.0795. The maximum absolute atomic E-state index is 9.77. The Morgan fingerprint density at radius 3 is 2.19 bits per heavy atom. The standard InChI is InChI=1S/C13H28N2O/c1-3-5-6-13(16)7-8-15-11-9-14(4-2)10-12-15/h13,16H,3-12H2,1-2H3/t13-/m0/s1. The highest BCUT2D eigenvalue weighted by Crippen LogP contribution is 2.07. The average molecular weight is 228 g/mol. The predicted octanol–water partition coefficient (Wildman–Crippen LogP) is 1.57. The summed E-state index contributed by atoms with van der Waals surface area (Å²) in [6.07, 6.45) is 4.19. The van der Waals surface area contributed by atoms with Gasteiger partial charge in [-0.25, -0.2) is 0 Å². The summed E-state index contributed by atoms with van der Waals surface area (Å²) in [4.78, 5) is 4.98. The van der Waals surface area contributed by atoms with Crippen molar-refractivity contribution < 1.29 is 5.11 Å². The molecule has 0 bridgehead atoms. The van der Waals surface area contributed by atoms with Gasteiger partial charge >= 0.3 is 0 Å². The van der Waals surface area contributed by atoms with E-state index in [2.05, 4.69) is 23.6 Å². The summed E-state index contributed by atoms with van der Waals surface area (Å²) in [5.74, 6) is 0. The third-order valence-electron chi connectivity index (χ3n) is 3.58. The summed E-state index contributed by atoms with van der Waals surface area (Å²) in [7, 11) is 0. The van der Waals surface area contributed by atoms with Crippen LogP contribution >= 0.6 is 0 Å². The van der Waals surface area contributed by atoms with Gasteiger partial charge in [-0.3, -0.25) is 0 Å². The molecule has 0 aromatic carbocycles. The Hall–Kier alpha value is -0.120. The van der Waals surface area contributed by atoms with Crippen molar-refractivity contribution in [2.24, 2.45) is 0 Å². The van der Waals surface area contributed by atoms with Crippen LogP contribution in [0.5, 0.6) is 0 Å². The van der Waals surface area contributed by atoms with Crippen LogP contribution in [0.25, 0.3) is 0 Å². The first-order valence-corrected chi connectivity index (χ1v) is 6.89. The summed E-state index contributed by atoms with van der Waals surface area (Å²) in [5, 5.41) is 9.77. The Morgan fingerprint density at radius 1 is 1.00 bits per heavy atom. The second kappa shape index (κ2) is 8.04. The third kappa shape index (κ3) is 5.28. The van der Waals surface area contributed by atoms with Crippen molar-refractivity contribution in [1.29, 1.82) is 0 Å². The minimum atomic E-state index is -0.0795. The lowest BCUT2D eigenvalue weighted by Crippen LogP contribution is -2.46. The molecule has 0 aromatic heterocycles. The lowest BCUT2D eigenvalue weighted by molar-refractivity contribution is 0.0998. The Morgan fingerprint density at radius 2 is 1.62 bits per heavy atom. The molecule has 0 amide bonds. The van der Waals surface area contributed by atoms with E-state index in [0.717, 1.165) is 25.8 Å². The summed E-state index contributed by atoms with van der Waals surface area (Å²) in [6, 6.07) is 0. The lowest BCUT2D eigenvalue weighted by atomic mass is 10.1. The van der Waals surface area contributed by atoms with E-state index in [0.29, 0.717) is 0 Å². The smallest absolute Gasteiger partial charge is 0.0552 e. The molecule has 1 fully saturated rings. The number of aliphatic hydroxyl groups is 1. The molecule has 1 atom stereocenters. The molecular formula is C13H28N2O. The van der Waals surface area contributed by atoms with E-state index in [1.165, 1.54) is 39.1 Å². The zero-order chi connectivity index (χ0) is 11.8. The Labute approximate surface area is 100 Å². The molecular weight excluding hydrogens is 200 g/mol. The molecule has 0 radical (unpaired) electrons. The molecule has 1 saturated heterocycles. The third-order valence-corrected chi connectivity index (χ3v) is 3.58. The van der Waals surface area contributed by atoms with E-state index in [1.54, 1.807) is 0 Å². The van der Waals surface area contributed by atoms with Crippen molar-refractivity contribution in [3.8, 4) is 0 Å². The summed E-state index contributed by atoms with van der Waals surface area (Å²) >= 11 is 0. The lowest BCUT2D eigenvalue weighted by Gasteiger charge is -2.34. The normalized spacial score (nSPS) is 21.2. The summed E-state index contributed by atoms with van der Waals surface area (Å²) in [5.41, 5.74) is 0. The van der Waals surface area contributed by atoms with E-state index in [4.69, 9.17) is 0 Å². The highest BCUT2D eigenvalue weighted by Gasteiger charge is 2.15. The number of nitrogens with zero attached hydrogens (tertiary/aromatic N) is 2. The van der Waals surface area contributed by atoms with Crippen LogP contribution in [0.4, 0.5) is 0 Å². The largest absolute Gasteiger partial charge is 0.393 e. The Kier molecular flexibility index (Phi) is 7.01. The van der Waals surface area contributed by atoms with Gasteiger partial charge in [0.15, 0.2) is 0 Å². The van der Waals surface area contributed by atoms with E-state index < -0.39 is 0 Å². The molecule has 96 valence electrons. The van der Waals surface area contributed by atoms with E-state index >= 15 is 0 Å². The molecule has 16 heavy (non-hydrogen) atoms. The van der Waals surface area contributed by atoms with Crippen LogP contribution in [0, 0.1) is 0 Å². The van der Waals surface area contributed by atoms with E-state index in [1.807, 2.05) is 0 Å². The first-order chi connectivity index (χ1) is 7.76. The van der Waals surface area contributed by atoms with Gasteiger partial charge in [0, 0.05) is 32.7 Å². The van der Waals surface area contributed by atoms with E-state index in [-0.39, 0.29) is 6.10 Å². The Balaban J connectivity index is 2.05. The van der Waals surface area contributed by atoms with E-state index in [9.17, 15) is 5.11 Å². The van der Waals surface area contributed by atoms with Crippen molar-refractivity contribution >= 4 is 0 Å². The highest BCUT2D eigenvalue weighted by atomic mass is 16.3. The van der Waals surface area contributed by atoms with Crippen molar-refractivity contribution in [3.63, 3.8) is 0 Å². The van der Waals surface area contributed by atoms with Gasteiger partial charge in [-0.1, -0.05) is 26.7 Å². The minimum Gasteiger partial charge on any atom is -0.393 e. The molecule has 0 aromatic rings. The van der Waals surface area contributed by atoms with Crippen molar-refractivity contribution in [2.45, 2.75) is 45.6 Å². The fourth-order valence-corrected chi connectivity index (χ4v) is 2.24. The van der Waals surface area contributed by atoms with Crippen LogP contribution in [0.3, 0.4) is 0 Å². The number of aliphatic hydroxyl groups excluding tert-OH is 1. The van der Waals surface area contributed by atoms with Crippen LogP contribution < -0.4 is 0 Å². The molecule has 3 nitrogen and oxygen atoms in total. The van der Waals surface area contributed by atoms with Gasteiger partial charge < -0.3 is 14.9 Å². The molecule has 1 aliphatic heterocycles. The van der Waals surface area contributed by atoms with Crippen LogP contribution in [0.1, 0.15) is 39.5 Å². The first kappa shape index (κ1) is 13.9. The first-order valence-electron chi connectivity index (χ1n) is 6.89. The maximum atomic E-state index is 9.77. The number of piperazine rings is 1. The molecule has 1 heterocycles. The Bertz CT molecular complexity index is 167. The SMILES string of the molecule is CCCC[C@H](O)CCN1CCN(CC)CC1. The maximum Gasteiger partial charge on any atom is 0.0552 e. The number of unbranched alkanes of at least 4 members (excludes halogenated alkanes) is 1. The van der Waals surface area contributed by atoms with Gasteiger partial charge in [-0.05, 0) is 19.4 Å². The fraction of sp³-hybridized carbons (Fsp3) is 1.00. The van der Waals surface area contributed by atoms with Gasteiger partial charge in [-0.15, -0.1) is 0 Å². The molecule has 0 unspecified atom stereocenters. The monoisotopic (exact) mass is 228 g/mol. The fourth-order valence-electron chi connectivity index (χ4n) is 2.24. The van der Waals surface area contributed by atoms with Crippen molar-refractivity contribution in [3.05, 3.63) is 0 Å². The second-order valence-corrected chi connectivity index (χ2v) is 4.86. The molecule has 3 heteroatoms. The van der Waals surface area contributed by atoms with Crippen LogP contribution in [0.15, 0.2) is 0 Å². The van der Waals surface area contributed by atoms with Crippen molar-refractivity contribution in [2.75, 3.05) is 39.3 Å². The predicted molar refractivity (Wildman–Crippen MR) is 68.7 cm³/mol. The summed E-state index contributed by atoms with van der Waals surface area (Å²) in [6.45, 7) is 11.4. The molecule has 0 saturated carbocycles. The molecule has 0 spiro atoms. The number of rotatable bonds is 7. The molecule has 1 rings (SSSR count). The quantitative estimate of drug-likeness (QED) is 0.716. The number of likely N-dealkylation sites (N-methyl/N-ethyl adjacent to an activating group) is 1. The zero-order valence-corrected chi connectivity index (χ0v) is 11.0. The van der Waals surface area contributed by atoms with Gasteiger partial charge in [0.05, 0.1) is 6.10 Å². The zero-order valence-electron chi connectivity index (χ0n) is 11.0. The van der Waals surface area contributed by atoms with Gasteiger partial charge in [0.2, 0.25) is 0 Å². The molecule has 1 aliphatic rings. The van der Waals surface area contributed by atoms with Gasteiger partial charge in [0.25, 0.3) is 0 Å². The molecule has 0 aliphatic carbocycles. The second-order valence-electron chi connectivity index (χ2n) is 4.86. The summed E-state index contributed by atoms with van der Waals surface area (Å²) < 4.78 is 0. The topological polar surface area (TPSA) is 26.7 Å². The molecule has 1 N–H and O–H groups in total. The van der Waals surface area contributed by atoms with Crippen LogP contribution in [-0.4, -0.2) is 60.3 Å². The van der Waals surface area contributed by atoms with Crippen LogP contribution in [0.2, 0.25) is 0 Å². The van der Waals surface area contributed by atoms with Gasteiger partial charge in [0.1, 0.15) is 0 Å². The number of hydrogen-bond donors (Lipinski definition) is 1.